The third kappa shape index (κ3) is 6.04. The molecular weight excluding hydrogens is 428 g/mol. The molecule has 4 atom stereocenters. The smallest absolute Gasteiger partial charge is 0.326 e. The van der Waals surface area contributed by atoms with Crippen LogP contribution in [0.4, 0.5) is 0 Å². The average Bonchev–Trinajstić information content (AvgIpc) is 3.24. The number of carboxylic acid groups (broad SMARTS) is 1. The Morgan fingerprint density at radius 1 is 1.28 bits per heavy atom. The summed E-state index contributed by atoms with van der Waals surface area (Å²) in [5.41, 5.74) is 1.13. The van der Waals surface area contributed by atoms with Crippen molar-refractivity contribution in [3.05, 3.63) is 35.9 Å². The Bertz CT molecular complexity index is 797. The number of nitrogens with one attached hydrogen (secondary N) is 1. The number of carboxylic acids is 1. The van der Waals surface area contributed by atoms with Crippen molar-refractivity contribution >= 4 is 29.6 Å². The van der Waals surface area contributed by atoms with Gasteiger partial charge in [-0.25, -0.2) is 4.79 Å². The van der Waals surface area contributed by atoms with Gasteiger partial charge in [0, 0.05) is 6.54 Å². The number of amides is 1. The Morgan fingerprint density at radius 2 is 2.03 bits per heavy atom. The molecule has 0 radical (unpaired) electrons. The third-order valence-corrected chi connectivity index (χ3v) is 7.91. The summed E-state index contributed by atoms with van der Waals surface area (Å²) < 4.78 is 5.22. The van der Waals surface area contributed by atoms with Crippen LogP contribution in [0.25, 0.3) is 0 Å². The number of aryl methyl sites for hydroxylation is 1. The van der Waals surface area contributed by atoms with E-state index in [-0.39, 0.29) is 17.9 Å². The van der Waals surface area contributed by atoms with Gasteiger partial charge in [0.05, 0.1) is 12.6 Å². The van der Waals surface area contributed by atoms with E-state index in [1.54, 1.807) is 13.8 Å². The van der Waals surface area contributed by atoms with Gasteiger partial charge >= 0.3 is 11.9 Å². The van der Waals surface area contributed by atoms with Crippen molar-refractivity contribution in [2.75, 3.05) is 24.7 Å². The van der Waals surface area contributed by atoms with Gasteiger partial charge in [-0.15, -0.1) is 0 Å². The highest BCUT2D eigenvalue weighted by atomic mass is 32.2. The molecule has 1 spiro atoms. The van der Waals surface area contributed by atoms with E-state index in [9.17, 15) is 19.5 Å². The molecule has 1 amide bonds. The van der Waals surface area contributed by atoms with Crippen LogP contribution in [0.1, 0.15) is 45.1 Å². The SMILES string of the molecule is CCOC(=O)[C@H](CCc1ccccc1)NC(C)C(=O)N1CCC2(CCSC2)C[C@H]1C(=O)O. The summed E-state index contributed by atoms with van der Waals surface area (Å²) in [6, 6.07) is 7.70. The van der Waals surface area contributed by atoms with E-state index in [0.717, 1.165) is 29.9 Å². The molecule has 2 aliphatic heterocycles. The predicted molar refractivity (Wildman–Crippen MR) is 125 cm³/mol. The number of carbonyl (C=O) groups excluding carboxylic acids is 2. The van der Waals surface area contributed by atoms with Crippen LogP contribution in [0.15, 0.2) is 30.3 Å². The molecule has 2 saturated heterocycles. The molecule has 0 bridgehead atoms. The van der Waals surface area contributed by atoms with E-state index < -0.39 is 30.1 Å². The summed E-state index contributed by atoms with van der Waals surface area (Å²) in [7, 11) is 0. The van der Waals surface area contributed by atoms with Gasteiger partial charge in [0.25, 0.3) is 0 Å². The summed E-state index contributed by atoms with van der Waals surface area (Å²) in [5, 5.41) is 13.0. The molecule has 0 aromatic heterocycles. The van der Waals surface area contributed by atoms with Gasteiger partial charge in [0.2, 0.25) is 5.91 Å². The minimum absolute atomic E-state index is 0.0321. The summed E-state index contributed by atoms with van der Waals surface area (Å²) in [5.74, 6) is 0.413. The summed E-state index contributed by atoms with van der Waals surface area (Å²) in [4.78, 5) is 39.3. The molecule has 1 aromatic carbocycles. The molecule has 3 rings (SSSR count). The Morgan fingerprint density at radius 3 is 2.66 bits per heavy atom. The molecule has 0 aliphatic carbocycles. The first-order chi connectivity index (χ1) is 15.3. The number of hydrogen-bond acceptors (Lipinski definition) is 6. The second-order valence-corrected chi connectivity index (χ2v) is 9.96. The number of esters is 1. The molecule has 2 fully saturated rings. The van der Waals surface area contributed by atoms with E-state index in [2.05, 4.69) is 5.32 Å². The molecule has 2 heterocycles. The Labute approximate surface area is 194 Å². The molecule has 176 valence electrons. The van der Waals surface area contributed by atoms with Crippen LogP contribution in [0, 0.1) is 5.41 Å². The number of likely N-dealkylation sites (tertiary alicyclic amines) is 1. The van der Waals surface area contributed by atoms with Crippen molar-refractivity contribution in [1.29, 1.82) is 0 Å². The van der Waals surface area contributed by atoms with Crippen LogP contribution in [0.2, 0.25) is 0 Å². The fraction of sp³-hybridized carbons (Fsp3) is 0.625. The largest absolute Gasteiger partial charge is 0.480 e. The van der Waals surface area contributed by atoms with Crippen molar-refractivity contribution in [1.82, 2.24) is 10.2 Å². The minimum Gasteiger partial charge on any atom is -0.480 e. The first-order valence-corrected chi connectivity index (χ1v) is 12.6. The fourth-order valence-electron chi connectivity index (χ4n) is 4.72. The average molecular weight is 463 g/mol. The summed E-state index contributed by atoms with van der Waals surface area (Å²) in [6.45, 7) is 4.16. The molecule has 2 N–H and O–H groups in total. The second kappa shape index (κ2) is 11.2. The van der Waals surface area contributed by atoms with Gasteiger partial charge in [-0.05, 0) is 68.4 Å². The van der Waals surface area contributed by atoms with E-state index in [4.69, 9.17) is 4.74 Å². The number of aliphatic carboxylic acids is 1. The number of rotatable bonds is 9. The van der Waals surface area contributed by atoms with Gasteiger partial charge in [-0.3, -0.25) is 14.9 Å². The zero-order valence-corrected chi connectivity index (χ0v) is 19.7. The van der Waals surface area contributed by atoms with Crippen molar-refractivity contribution in [2.24, 2.45) is 5.41 Å². The lowest BCUT2D eigenvalue weighted by atomic mass is 9.75. The predicted octanol–water partition coefficient (Wildman–Crippen LogP) is 2.73. The Kier molecular flexibility index (Phi) is 8.59. The second-order valence-electron chi connectivity index (χ2n) is 8.86. The highest BCUT2D eigenvalue weighted by Gasteiger charge is 2.46. The maximum Gasteiger partial charge on any atom is 0.326 e. The zero-order chi connectivity index (χ0) is 23.1. The molecular formula is C24H34N2O5S. The van der Waals surface area contributed by atoms with Gasteiger partial charge in [-0.2, -0.15) is 11.8 Å². The Hall–Kier alpha value is -2.06. The molecule has 1 aromatic rings. The zero-order valence-electron chi connectivity index (χ0n) is 18.9. The number of carbonyl (C=O) groups is 3. The lowest BCUT2D eigenvalue weighted by Gasteiger charge is -2.44. The quantitative estimate of drug-likeness (QED) is 0.545. The summed E-state index contributed by atoms with van der Waals surface area (Å²) >= 11 is 1.87. The highest BCUT2D eigenvalue weighted by Crippen LogP contribution is 2.46. The van der Waals surface area contributed by atoms with Gasteiger partial charge in [-0.1, -0.05) is 30.3 Å². The maximum absolute atomic E-state index is 13.2. The number of nitrogens with zero attached hydrogens (tertiary/aromatic N) is 1. The van der Waals surface area contributed by atoms with Gasteiger partial charge < -0.3 is 14.7 Å². The number of ether oxygens (including phenoxy) is 1. The van der Waals surface area contributed by atoms with Crippen molar-refractivity contribution in [3.8, 4) is 0 Å². The lowest BCUT2D eigenvalue weighted by Crippen LogP contribution is -2.58. The fourth-order valence-corrected chi connectivity index (χ4v) is 6.28. The lowest BCUT2D eigenvalue weighted by molar-refractivity contribution is -0.156. The van der Waals surface area contributed by atoms with Crippen LogP contribution in [-0.4, -0.2) is 70.6 Å². The van der Waals surface area contributed by atoms with E-state index in [0.29, 0.717) is 25.8 Å². The maximum atomic E-state index is 13.2. The highest BCUT2D eigenvalue weighted by molar-refractivity contribution is 7.99. The Balaban J connectivity index is 1.65. The van der Waals surface area contributed by atoms with E-state index >= 15 is 0 Å². The van der Waals surface area contributed by atoms with Gasteiger partial charge in [0.1, 0.15) is 12.1 Å². The molecule has 2 aliphatic rings. The van der Waals surface area contributed by atoms with Crippen molar-refractivity contribution in [2.45, 2.75) is 64.1 Å². The third-order valence-electron chi connectivity index (χ3n) is 6.60. The van der Waals surface area contributed by atoms with Crippen LogP contribution in [0.5, 0.6) is 0 Å². The van der Waals surface area contributed by atoms with Crippen molar-refractivity contribution in [3.63, 3.8) is 0 Å². The van der Waals surface area contributed by atoms with Crippen molar-refractivity contribution < 1.29 is 24.2 Å². The van der Waals surface area contributed by atoms with E-state index in [1.165, 1.54) is 4.90 Å². The van der Waals surface area contributed by atoms with Crippen LogP contribution in [-0.2, 0) is 25.5 Å². The monoisotopic (exact) mass is 462 g/mol. The van der Waals surface area contributed by atoms with E-state index in [1.807, 2.05) is 42.1 Å². The number of hydrogen-bond donors (Lipinski definition) is 2. The first kappa shape index (κ1) is 24.6. The van der Waals surface area contributed by atoms with Gasteiger partial charge in [0.15, 0.2) is 0 Å². The first-order valence-electron chi connectivity index (χ1n) is 11.4. The van der Waals surface area contributed by atoms with Crippen LogP contribution < -0.4 is 5.32 Å². The molecule has 7 nitrogen and oxygen atoms in total. The number of piperidine rings is 1. The van der Waals surface area contributed by atoms with Crippen LogP contribution in [0.3, 0.4) is 0 Å². The number of thioether (sulfide) groups is 1. The molecule has 2 unspecified atom stereocenters. The molecule has 32 heavy (non-hydrogen) atoms. The normalized spacial score (nSPS) is 24.8. The topological polar surface area (TPSA) is 95.9 Å². The summed E-state index contributed by atoms with van der Waals surface area (Å²) in [6.07, 6.45) is 3.51. The number of benzene rings is 1. The van der Waals surface area contributed by atoms with Crippen LogP contribution >= 0.6 is 11.8 Å². The molecule has 8 heteroatoms. The minimum atomic E-state index is -0.951. The standard InChI is InChI=1S/C24H34N2O5S/c1-3-31-23(30)19(10-9-18-7-5-4-6-8-18)25-17(2)21(27)26-13-11-24(12-14-32-16-24)15-20(26)22(28)29/h4-8,17,19-20,25H,3,9-16H2,1-2H3,(H,28,29)/t17?,19-,20-,24?/m0/s1. The molecule has 0 saturated carbocycles.